The zero-order valence-electron chi connectivity index (χ0n) is 16.8. The van der Waals surface area contributed by atoms with Crippen molar-refractivity contribution in [1.82, 2.24) is 0 Å². The van der Waals surface area contributed by atoms with E-state index in [1.54, 1.807) is 45.0 Å². The molecule has 0 aromatic heterocycles. The van der Waals surface area contributed by atoms with Crippen LogP contribution in [0.15, 0.2) is 30.3 Å². The summed E-state index contributed by atoms with van der Waals surface area (Å²) in [5.41, 5.74) is 0.00284. The van der Waals surface area contributed by atoms with Gasteiger partial charge in [-0.1, -0.05) is 31.5 Å². The summed E-state index contributed by atoms with van der Waals surface area (Å²) in [6.07, 6.45) is 0.507. The van der Waals surface area contributed by atoms with Crippen molar-refractivity contribution < 1.29 is 39.0 Å². The molecule has 8 nitrogen and oxygen atoms in total. The first-order valence-corrected chi connectivity index (χ1v) is 8.64. The Morgan fingerprint density at radius 1 is 1.00 bits per heavy atom. The molecule has 154 valence electrons. The van der Waals surface area contributed by atoms with Gasteiger partial charge in [-0.3, -0.25) is 4.89 Å². The molecule has 0 spiro atoms. The molecule has 0 heterocycles. The second-order valence-electron chi connectivity index (χ2n) is 6.96. The summed E-state index contributed by atoms with van der Waals surface area (Å²) in [6, 6.07) is 8.77. The number of carbonyl (C=O) groups excluding carboxylic acids is 1. The Hall–Kier alpha value is -2.16. The van der Waals surface area contributed by atoms with Gasteiger partial charge in [-0.05, 0) is 39.3 Å². The van der Waals surface area contributed by atoms with Crippen molar-refractivity contribution in [2.24, 2.45) is 0 Å². The van der Waals surface area contributed by atoms with Gasteiger partial charge >= 0.3 is 12.1 Å². The number of carbonyl (C=O) groups is 2. The molecule has 0 saturated carbocycles. The molecule has 0 fully saturated rings. The van der Waals surface area contributed by atoms with Crippen molar-refractivity contribution in [2.75, 3.05) is 6.61 Å². The van der Waals surface area contributed by atoms with Crippen LogP contribution in [0.1, 0.15) is 64.7 Å². The molecule has 1 rings (SSSR count). The summed E-state index contributed by atoms with van der Waals surface area (Å²) in [4.78, 5) is 40.5. The third-order valence-electron chi connectivity index (χ3n) is 2.55. The molecule has 1 N–H and O–H groups in total. The number of unbranched alkanes of at least 4 members (excludes halogenated alkanes) is 1. The van der Waals surface area contributed by atoms with Gasteiger partial charge in [0.1, 0.15) is 0 Å². The van der Waals surface area contributed by atoms with Crippen LogP contribution < -0.4 is 0 Å². The van der Waals surface area contributed by atoms with E-state index in [1.807, 2.05) is 13.0 Å². The van der Waals surface area contributed by atoms with Crippen LogP contribution in [0, 0.1) is 0 Å². The lowest BCUT2D eigenvalue weighted by atomic mass is 10.2. The van der Waals surface area contributed by atoms with Crippen molar-refractivity contribution in [2.45, 2.75) is 65.8 Å². The van der Waals surface area contributed by atoms with Gasteiger partial charge in [-0.2, -0.15) is 9.78 Å². The van der Waals surface area contributed by atoms with Crippen molar-refractivity contribution in [3.8, 4) is 0 Å². The average Bonchev–Trinajstić information content (AvgIpc) is 2.57. The first kappa shape index (κ1) is 24.8. The molecular formula is C19H30O8. The van der Waals surface area contributed by atoms with Gasteiger partial charge in [0.05, 0.1) is 17.8 Å². The summed E-state index contributed by atoms with van der Waals surface area (Å²) in [5, 5.41) is 8.32. The van der Waals surface area contributed by atoms with E-state index >= 15 is 0 Å². The normalized spacial score (nSPS) is 11.2. The van der Waals surface area contributed by atoms with Crippen LogP contribution in [0.25, 0.3) is 0 Å². The van der Waals surface area contributed by atoms with E-state index in [1.165, 1.54) is 13.8 Å². The lowest BCUT2D eigenvalue weighted by Gasteiger charge is -2.26. The molecule has 0 aliphatic rings. The van der Waals surface area contributed by atoms with Gasteiger partial charge in [0.2, 0.25) is 5.79 Å². The molecular weight excluding hydrogens is 356 g/mol. The van der Waals surface area contributed by atoms with Crippen LogP contribution in [0.5, 0.6) is 0 Å². The topological polar surface area (TPSA) is 101 Å². The average molecular weight is 386 g/mol. The Balaban J connectivity index is 0.000000503. The zero-order valence-corrected chi connectivity index (χ0v) is 16.8. The number of hydrogen-bond acceptors (Lipinski definition) is 7. The molecule has 27 heavy (non-hydrogen) atoms. The van der Waals surface area contributed by atoms with E-state index < -0.39 is 23.5 Å². The van der Waals surface area contributed by atoms with Gasteiger partial charge in [0.15, 0.2) is 0 Å². The molecule has 1 aromatic rings. The third-order valence-corrected chi connectivity index (χ3v) is 2.55. The second-order valence-corrected chi connectivity index (χ2v) is 6.96. The second kappa shape index (κ2) is 12.3. The van der Waals surface area contributed by atoms with Gasteiger partial charge < -0.3 is 9.84 Å². The molecule has 0 amide bonds. The molecule has 0 atom stereocenters. The Labute approximate surface area is 160 Å². The maximum Gasteiger partial charge on any atom is 0.508 e. The minimum atomic E-state index is -1.40. The van der Waals surface area contributed by atoms with Crippen molar-refractivity contribution in [3.05, 3.63) is 35.9 Å². The number of ether oxygens (including phenoxy) is 1. The first-order chi connectivity index (χ1) is 12.5. The Morgan fingerprint density at radius 3 is 2.07 bits per heavy atom. The van der Waals surface area contributed by atoms with Gasteiger partial charge in [0, 0.05) is 13.8 Å². The highest BCUT2D eigenvalue weighted by Gasteiger charge is 2.27. The van der Waals surface area contributed by atoms with E-state index in [0.717, 1.165) is 12.8 Å². The molecule has 1 aromatic carbocycles. The molecule has 0 aliphatic heterocycles. The molecule has 0 unspecified atom stereocenters. The maximum atomic E-state index is 11.3. The first-order valence-electron chi connectivity index (χ1n) is 8.64. The van der Waals surface area contributed by atoms with Crippen LogP contribution in [0.3, 0.4) is 0 Å². The molecule has 0 bridgehead atoms. The van der Waals surface area contributed by atoms with Crippen molar-refractivity contribution >= 4 is 12.1 Å². The lowest BCUT2D eigenvalue weighted by Crippen LogP contribution is -2.34. The van der Waals surface area contributed by atoms with Crippen LogP contribution in [-0.4, -0.2) is 35.2 Å². The fraction of sp³-hybridized carbons (Fsp3) is 0.579. The summed E-state index contributed by atoms with van der Waals surface area (Å²) in [7, 11) is 0. The summed E-state index contributed by atoms with van der Waals surface area (Å²) in [6.45, 7) is 10.7. The fourth-order valence-electron chi connectivity index (χ4n) is 1.37. The van der Waals surface area contributed by atoms with Gasteiger partial charge in [-0.15, -0.1) is 0 Å². The lowest BCUT2D eigenvalue weighted by molar-refractivity contribution is -0.440. The largest absolute Gasteiger partial charge is 0.508 e. The van der Waals surface area contributed by atoms with Crippen LogP contribution in [0.2, 0.25) is 0 Å². The number of benzene rings is 1. The van der Waals surface area contributed by atoms with E-state index in [-0.39, 0.29) is 0 Å². The predicted octanol–water partition coefficient (Wildman–Crippen LogP) is 4.74. The highest BCUT2D eigenvalue weighted by molar-refractivity contribution is 5.88. The molecule has 8 heteroatoms. The highest BCUT2D eigenvalue weighted by atomic mass is 17.2. The van der Waals surface area contributed by atoms with E-state index in [9.17, 15) is 9.59 Å². The van der Waals surface area contributed by atoms with Crippen molar-refractivity contribution in [3.63, 3.8) is 0 Å². The van der Waals surface area contributed by atoms with E-state index in [4.69, 9.17) is 19.8 Å². The molecule has 0 aliphatic carbocycles. The van der Waals surface area contributed by atoms with E-state index in [0.29, 0.717) is 12.2 Å². The number of hydrogen-bond donors (Lipinski definition) is 1. The van der Waals surface area contributed by atoms with Gasteiger partial charge in [0.25, 0.3) is 0 Å². The van der Waals surface area contributed by atoms with Crippen LogP contribution in [0.4, 0.5) is 4.79 Å². The Bertz CT molecular complexity index is 549. The minimum absolute atomic E-state index is 0.443. The van der Waals surface area contributed by atoms with Crippen LogP contribution >= 0.6 is 0 Å². The summed E-state index contributed by atoms with van der Waals surface area (Å²) >= 11 is 0. The SMILES string of the molecule is CC(C)(C)OOC(C)(C)OC(=O)O.CCCCOOC(=O)c1ccccc1. The third kappa shape index (κ3) is 14.7. The predicted molar refractivity (Wildman–Crippen MR) is 97.8 cm³/mol. The quantitative estimate of drug-likeness (QED) is 0.225. The van der Waals surface area contributed by atoms with Crippen LogP contribution in [-0.2, 0) is 24.3 Å². The molecule has 0 radical (unpaired) electrons. The Morgan fingerprint density at radius 2 is 1.59 bits per heavy atom. The fourth-order valence-corrected chi connectivity index (χ4v) is 1.37. The number of carboxylic acid groups (broad SMARTS) is 1. The standard InChI is InChI=1S/C11H14O3.C8H16O5/c1-2-3-9-13-14-11(12)10-7-5-4-6-8-10;1-7(2,3)12-13-8(4,5)11-6(9)10/h4-8H,2-3,9H2,1H3;1-5H3,(H,9,10). The Kier molecular flexibility index (Phi) is 11.3. The number of rotatable bonds is 8. The van der Waals surface area contributed by atoms with E-state index in [2.05, 4.69) is 9.62 Å². The van der Waals surface area contributed by atoms with Crippen molar-refractivity contribution in [1.29, 1.82) is 0 Å². The summed E-state index contributed by atoms with van der Waals surface area (Å²) < 4.78 is 4.40. The molecule has 0 saturated heterocycles. The minimum Gasteiger partial charge on any atom is -0.450 e. The highest BCUT2D eigenvalue weighted by Crippen LogP contribution is 2.17. The smallest absolute Gasteiger partial charge is 0.450 e. The maximum absolute atomic E-state index is 11.3. The zero-order chi connectivity index (χ0) is 20.9. The van der Waals surface area contributed by atoms with Gasteiger partial charge in [-0.25, -0.2) is 14.5 Å². The monoisotopic (exact) mass is 386 g/mol. The summed E-state index contributed by atoms with van der Waals surface area (Å²) in [5.74, 6) is -1.74.